The van der Waals surface area contributed by atoms with Crippen molar-refractivity contribution in [1.82, 2.24) is 24.4 Å². The Labute approximate surface area is 157 Å². The van der Waals surface area contributed by atoms with Crippen molar-refractivity contribution >= 4 is 23.2 Å². The molecule has 26 heavy (non-hydrogen) atoms. The topological polar surface area (TPSA) is 53.7 Å². The van der Waals surface area contributed by atoms with E-state index in [2.05, 4.69) is 22.0 Å². The van der Waals surface area contributed by atoms with E-state index in [0.29, 0.717) is 10.6 Å². The summed E-state index contributed by atoms with van der Waals surface area (Å²) >= 11 is 5.97. The van der Waals surface area contributed by atoms with E-state index in [1.807, 2.05) is 36.1 Å². The smallest absolute Gasteiger partial charge is 0.257 e. The molecular weight excluding hydrogens is 350 g/mol. The number of benzene rings is 1. The summed E-state index contributed by atoms with van der Waals surface area (Å²) in [5.74, 6) is 0.0218. The standard InChI is InChI=1S/C19H20ClN5O/c1-13-16(19(26)24-9-7-23(2)8-10-24)11-21-18-17(12-22-25(13)18)14-3-5-15(20)6-4-14/h3-6,11-12H,7-10H2,1-2H3. The quantitative estimate of drug-likeness (QED) is 0.697. The SMILES string of the molecule is Cc1c(C(=O)N2CCN(C)CC2)cnc2c(-c3ccc(Cl)cc3)cnn12. The normalized spacial score (nSPS) is 15.6. The first-order valence-electron chi connectivity index (χ1n) is 8.61. The molecule has 4 rings (SSSR count). The number of aryl methyl sites for hydroxylation is 1. The first-order valence-corrected chi connectivity index (χ1v) is 8.99. The van der Waals surface area contributed by atoms with Gasteiger partial charge in [-0.3, -0.25) is 4.79 Å². The Balaban J connectivity index is 1.70. The molecule has 0 N–H and O–H groups in total. The molecule has 134 valence electrons. The van der Waals surface area contributed by atoms with Gasteiger partial charge in [-0.15, -0.1) is 0 Å². The van der Waals surface area contributed by atoms with Gasteiger partial charge >= 0.3 is 0 Å². The van der Waals surface area contributed by atoms with Gasteiger partial charge in [0.15, 0.2) is 5.65 Å². The third-order valence-electron chi connectivity index (χ3n) is 4.94. The summed E-state index contributed by atoms with van der Waals surface area (Å²) in [6, 6.07) is 7.58. The zero-order valence-corrected chi connectivity index (χ0v) is 15.6. The lowest BCUT2D eigenvalue weighted by Gasteiger charge is -2.32. The second-order valence-electron chi connectivity index (χ2n) is 6.65. The summed E-state index contributed by atoms with van der Waals surface area (Å²) in [5, 5.41) is 5.15. The van der Waals surface area contributed by atoms with Crippen molar-refractivity contribution in [1.29, 1.82) is 0 Å². The lowest BCUT2D eigenvalue weighted by molar-refractivity contribution is 0.0662. The predicted octanol–water partition coefficient (Wildman–Crippen LogP) is 2.75. The molecule has 0 atom stereocenters. The minimum atomic E-state index is 0.0218. The van der Waals surface area contributed by atoms with Crippen LogP contribution < -0.4 is 0 Å². The van der Waals surface area contributed by atoms with Crippen LogP contribution in [0.5, 0.6) is 0 Å². The van der Waals surface area contributed by atoms with Crippen molar-refractivity contribution in [3.8, 4) is 11.1 Å². The molecule has 1 amide bonds. The van der Waals surface area contributed by atoms with E-state index >= 15 is 0 Å². The van der Waals surface area contributed by atoms with Gasteiger partial charge in [-0.2, -0.15) is 5.10 Å². The largest absolute Gasteiger partial charge is 0.336 e. The second-order valence-corrected chi connectivity index (χ2v) is 7.09. The molecule has 0 radical (unpaired) electrons. The first-order chi connectivity index (χ1) is 12.5. The molecule has 2 aromatic heterocycles. The van der Waals surface area contributed by atoms with Gasteiger partial charge in [0, 0.05) is 43.0 Å². The Kier molecular flexibility index (Phi) is 4.38. The minimum absolute atomic E-state index is 0.0218. The first kappa shape index (κ1) is 17.0. The summed E-state index contributed by atoms with van der Waals surface area (Å²) in [4.78, 5) is 21.6. The number of rotatable bonds is 2. The summed E-state index contributed by atoms with van der Waals surface area (Å²) in [6.07, 6.45) is 3.45. The lowest BCUT2D eigenvalue weighted by atomic mass is 10.1. The number of aromatic nitrogens is 3. The molecule has 6 nitrogen and oxygen atoms in total. The summed E-state index contributed by atoms with van der Waals surface area (Å²) < 4.78 is 1.74. The fourth-order valence-electron chi connectivity index (χ4n) is 3.27. The number of carbonyl (C=O) groups excluding carboxylic acids is 1. The Bertz CT molecular complexity index is 958. The third-order valence-corrected chi connectivity index (χ3v) is 5.20. The van der Waals surface area contributed by atoms with E-state index in [0.717, 1.165) is 48.6 Å². The van der Waals surface area contributed by atoms with E-state index in [1.165, 1.54) is 0 Å². The molecule has 7 heteroatoms. The molecule has 0 saturated carbocycles. The Morgan fingerprint density at radius 1 is 1.08 bits per heavy atom. The van der Waals surface area contributed by atoms with Crippen molar-refractivity contribution in [3.63, 3.8) is 0 Å². The van der Waals surface area contributed by atoms with E-state index in [4.69, 9.17) is 11.6 Å². The van der Waals surface area contributed by atoms with Crippen LogP contribution in [0.1, 0.15) is 16.1 Å². The van der Waals surface area contributed by atoms with Gasteiger partial charge in [0.2, 0.25) is 0 Å². The molecule has 1 saturated heterocycles. The lowest BCUT2D eigenvalue weighted by Crippen LogP contribution is -2.47. The highest BCUT2D eigenvalue weighted by molar-refractivity contribution is 6.30. The molecule has 1 aliphatic heterocycles. The van der Waals surface area contributed by atoms with Crippen LogP contribution in [-0.4, -0.2) is 63.5 Å². The van der Waals surface area contributed by atoms with Gasteiger partial charge < -0.3 is 9.80 Å². The molecule has 3 heterocycles. The van der Waals surface area contributed by atoms with E-state index < -0.39 is 0 Å². The van der Waals surface area contributed by atoms with E-state index in [-0.39, 0.29) is 5.91 Å². The molecule has 0 aliphatic carbocycles. The predicted molar refractivity (Wildman–Crippen MR) is 102 cm³/mol. The Morgan fingerprint density at radius 3 is 2.46 bits per heavy atom. The van der Waals surface area contributed by atoms with Crippen LogP contribution in [0, 0.1) is 6.92 Å². The van der Waals surface area contributed by atoms with Gasteiger partial charge in [-0.25, -0.2) is 9.50 Å². The second kappa shape index (κ2) is 6.70. The van der Waals surface area contributed by atoms with Gasteiger partial charge in [0.05, 0.1) is 17.5 Å². The Hall–Kier alpha value is -2.44. The molecule has 1 aromatic carbocycles. The van der Waals surface area contributed by atoms with Crippen molar-refractivity contribution in [2.24, 2.45) is 0 Å². The highest BCUT2D eigenvalue weighted by Gasteiger charge is 2.23. The maximum Gasteiger partial charge on any atom is 0.257 e. The molecule has 0 unspecified atom stereocenters. The Morgan fingerprint density at radius 2 is 1.77 bits per heavy atom. The number of hydrogen-bond donors (Lipinski definition) is 0. The maximum absolute atomic E-state index is 12.9. The number of likely N-dealkylation sites (N-methyl/N-ethyl adjacent to an activating group) is 1. The van der Waals surface area contributed by atoms with Crippen LogP contribution >= 0.6 is 11.6 Å². The zero-order chi connectivity index (χ0) is 18.3. The van der Waals surface area contributed by atoms with Crippen LogP contribution in [0.15, 0.2) is 36.7 Å². The fraction of sp³-hybridized carbons (Fsp3) is 0.316. The molecule has 1 fully saturated rings. The average molecular weight is 370 g/mol. The molecular formula is C19H20ClN5O. The van der Waals surface area contributed by atoms with Gasteiger partial charge in [0.1, 0.15) is 0 Å². The maximum atomic E-state index is 12.9. The molecule has 0 bridgehead atoms. The van der Waals surface area contributed by atoms with Gasteiger partial charge in [0.25, 0.3) is 5.91 Å². The van der Waals surface area contributed by atoms with Crippen LogP contribution in [-0.2, 0) is 0 Å². The zero-order valence-electron chi connectivity index (χ0n) is 14.8. The highest BCUT2D eigenvalue weighted by Crippen LogP contribution is 2.26. The average Bonchev–Trinajstić information content (AvgIpc) is 3.08. The van der Waals surface area contributed by atoms with Crippen molar-refractivity contribution in [2.45, 2.75) is 6.92 Å². The fourth-order valence-corrected chi connectivity index (χ4v) is 3.39. The van der Waals surface area contributed by atoms with Crippen molar-refractivity contribution in [3.05, 3.63) is 52.9 Å². The molecule has 3 aromatic rings. The monoisotopic (exact) mass is 369 g/mol. The number of hydrogen-bond acceptors (Lipinski definition) is 4. The van der Waals surface area contributed by atoms with Gasteiger partial charge in [-0.05, 0) is 31.7 Å². The van der Waals surface area contributed by atoms with Gasteiger partial charge in [-0.1, -0.05) is 23.7 Å². The van der Waals surface area contributed by atoms with E-state index in [1.54, 1.807) is 16.9 Å². The number of piperazine rings is 1. The summed E-state index contributed by atoms with van der Waals surface area (Å²) in [6.45, 7) is 5.17. The van der Waals surface area contributed by atoms with E-state index in [9.17, 15) is 4.79 Å². The van der Waals surface area contributed by atoms with Crippen LogP contribution in [0.25, 0.3) is 16.8 Å². The minimum Gasteiger partial charge on any atom is -0.336 e. The third kappa shape index (κ3) is 2.95. The number of fused-ring (bicyclic) bond motifs is 1. The molecule has 1 aliphatic rings. The number of halogens is 1. The number of amides is 1. The summed E-state index contributed by atoms with van der Waals surface area (Å²) in [7, 11) is 2.07. The van der Waals surface area contributed by atoms with Crippen LogP contribution in [0.3, 0.4) is 0 Å². The summed E-state index contributed by atoms with van der Waals surface area (Å²) in [5.41, 5.74) is 4.06. The van der Waals surface area contributed by atoms with Crippen LogP contribution in [0.2, 0.25) is 5.02 Å². The molecule has 0 spiro atoms. The highest BCUT2D eigenvalue weighted by atomic mass is 35.5. The number of carbonyl (C=O) groups is 1. The van der Waals surface area contributed by atoms with Crippen LogP contribution in [0.4, 0.5) is 0 Å². The van der Waals surface area contributed by atoms with Crippen molar-refractivity contribution < 1.29 is 4.79 Å². The number of nitrogens with zero attached hydrogens (tertiary/aromatic N) is 5. The van der Waals surface area contributed by atoms with Crippen molar-refractivity contribution in [2.75, 3.05) is 33.2 Å².